The minimum Gasteiger partial charge on any atom is -0.381 e. The van der Waals surface area contributed by atoms with Gasteiger partial charge in [-0.25, -0.2) is 0 Å². The van der Waals surface area contributed by atoms with Gasteiger partial charge in [-0.1, -0.05) is 38.1 Å². The molecular weight excluding hydrogens is 364 g/mol. The second-order valence-corrected chi connectivity index (χ2v) is 8.56. The van der Waals surface area contributed by atoms with Crippen molar-refractivity contribution in [1.82, 2.24) is 15.1 Å². The van der Waals surface area contributed by atoms with Crippen LogP contribution in [0.5, 0.6) is 0 Å². The van der Waals surface area contributed by atoms with E-state index in [1.807, 2.05) is 14.2 Å². The Morgan fingerprint density at radius 3 is 2.34 bits per heavy atom. The molecule has 0 aromatic heterocycles. The van der Waals surface area contributed by atoms with Crippen LogP contribution in [0.4, 0.5) is 0 Å². The highest BCUT2D eigenvalue weighted by molar-refractivity contribution is 5.80. The summed E-state index contributed by atoms with van der Waals surface area (Å²) in [4.78, 5) is 9.42. The Kier molecular flexibility index (Phi) is 7.92. The van der Waals surface area contributed by atoms with Crippen molar-refractivity contribution < 1.29 is 9.47 Å². The second kappa shape index (κ2) is 10.4. The second-order valence-electron chi connectivity index (χ2n) is 8.56. The molecule has 1 N–H and O–H groups in total. The number of nitrogens with zero attached hydrogens (tertiary/aromatic N) is 3. The monoisotopic (exact) mass is 402 g/mol. The molecule has 0 amide bonds. The van der Waals surface area contributed by atoms with Crippen LogP contribution in [0.2, 0.25) is 0 Å². The maximum Gasteiger partial charge on any atom is 0.193 e. The molecule has 6 heteroatoms. The predicted octanol–water partition coefficient (Wildman–Crippen LogP) is 2.70. The van der Waals surface area contributed by atoms with Gasteiger partial charge < -0.3 is 19.7 Å². The van der Waals surface area contributed by atoms with Crippen LogP contribution in [0, 0.1) is 0 Å². The van der Waals surface area contributed by atoms with Crippen LogP contribution in [0.3, 0.4) is 0 Å². The molecule has 0 atom stereocenters. The highest BCUT2D eigenvalue weighted by Gasteiger charge is 2.33. The molecule has 2 fully saturated rings. The van der Waals surface area contributed by atoms with E-state index in [1.54, 1.807) is 0 Å². The third kappa shape index (κ3) is 5.93. The van der Waals surface area contributed by atoms with Crippen LogP contribution >= 0.6 is 0 Å². The molecule has 162 valence electrons. The minimum absolute atomic E-state index is 0.141. The van der Waals surface area contributed by atoms with E-state index >= 15 is 0 Å². The number of aliphatic imine (C=N–C) groups is 1. The van der Waals surface area contributed by atoms with Gasteiger partial charge in [-0.15, -0.1) is 0 Å². The molecule has 0 spiro atoms. The van der Waals surface area contributed by atoms with E-state index in [9.17, 15) is 0 Å². The molecule has 0 unspecified atom stereocenters. The maximum atomic E-state index is 5.84. The SMILES string of the molecule is CN=C(NCC1(OC)CCOCC1)N1CCN(Cc2ccc(C(C)C)cc2)CC1. The lowest BCUT2D eigenvalue weighted by Crippen LogP contribution is -2.55. The van der Waals surface area contributed by atoms with Crippen molar-refractivity contribution in [2.45, 2.75) is 44.8 Å². The van der Waals surface area contributed by atoms with Gasteiger partial charge in [-0.3, -0.25) is 9.89 Å². The molecule has 3 rings (SSSR count). The summed E-state index contributed by atoms with van der Waals surface area (Å²) >= 11 is 0. The highest BCUT2D eigenvalue weighted by Crippen LogP contribution is 2.23. The van der Waals surface area contributed by atoms with E-state index in [0.717, 1.165) is 71.3 Å². The number of nitrogens with one attached hydrogen (secondary N) is 1. The van der Waals surface area contributed by atoms with E-state index in [2.05, 4.69) is 58.2 Å². The molecule has 0 saturated carbocycles. The third-order valence-corrected chi connectivity index (χ3v) is 6.34. The number of ether oxygens (including phenoxy) is 2. The van der Waals surface area contributed by atoms with Crippen molar-refractivity contribution in [3.8, 4) is 0 Å². The fourth-order valence-corrected chi connectivity index (χ4v) is 4.15. The summed E-state index contributed by atoms with van der Waals surface area (Å²) < 4.78 is 11.3. The van der Waals surface area contributed by atoms with E-state index in [-0.39, 0.29) is 5.60 Å². The molecule has 29 heavy (non-hydrogen) atoms. The summed E-state index contributed by atoms with van der Waals surface area (Å²) in [5.41, 5.74) is 2.66. The van der Waals surface area contributed by atoms with Crippen molar-refractivity contribution in [2.24, 2.45) is 4.99 Å². The fourth-order valence-electron chi connectivity index (χ4n) is 4.15. The molecule has 2 heterocycles. The summed E-state index contributed by atoms with van der Waals surface area (Å²) in [6.45, 7) is 11.9. The Labute approximate surface area is 176 Å². The quantitative estimate of drug-likeness (QED) is 0.586. The standard InChI is InChI=1S/C23H38N4O2/c1-19(2)21-7-5-20(6-8-21)17-26-11-13-27(14-12-26)22(24-3)25-18-23(28-4)9-15-29-16-10-23/h5-8,19H,9-18H2,1-4H3,(H,24,25). The zero-order chi connectivity index (χ0) is 20.7. The van der Waals surface area contributed by atoms with Crippen LogP contribution in [-0.2, 0) is 16.0 Å². The lowest BCUT2D eigenvalue weighted by molar-refractivity contribution is -0.0858. The van der Waals surface area contributed by atoms with Crippen LogP contribution < -0.4 is 5.32 Å². The zero-order valence-corrected chi connectivity index (χ0v) is 18.6. The van der Waals surface area contributed by atoms with Gasteiger partial charge in [0.25, 0.3) is 0 Å². The molecule has 0 aliphatic carbocycles. The molecule has 0 bridgehead atoms. The zero-order valence-electron chi connectivity index (χ0n) is 18.6. The van der Waals surface area contributed by atoms with Crippen molar-refractivity contribution in [1.29, 1.82) is 0 Å². The molecular formula is C23H38N4O2. The van der Waals surface area contributed by atoms with Gasteiger partial charge in [0.2, 0.25) is 0 Å². The summed E-state index contributed by atoms with van der Waals surface area (Å²) in [6.07, 6.45) is 1.85. The van der Waals surface area contributed by atoms with Gasteiger partial charge >= 0.3 is 0 Å². The van der Waals surface area contributed by atoms with E-state index in [0.29, 0.717) is 5.92 Å². The summed E-state index contributed by atoms with van der Waals surface area (Å²) in [7, 11) is 3.68. The predicted molar refractivity (Wildman–Crippen MR) is 119 cm³/mol. The Morgan fingerprint density at radius 1 is 1.14 bits per heavy atom. The van der Waals surface area contributed by atoms with Crippen LogP contribution in [0.25, 0.3) is 0 Å². The van der Waals surface area contributed by atoms with Gasteiger partial charge in [0.05, 0.1) is 5.60 Å². The number of hydrogen-bond acceptors (Lipinski definition) is 4. The van der Waals surface area contributed by atoms with E-state index < -0.39 is 0 Å². The van der Waals surface area contributed by atoms with Crippen molar-refractivity contribution in [3.05, 3.63) is 35.4 Å². The van der Waals surface area contributed by atoms with Gasteiger partial charge in [-0.2, -0.15) is 0 Å². The first-order valence-corrected chi connectivity index (χ1v) is 10.9. The molecule has 2 aliphatic rings. The Balaban J connectivity index is 1.47. The molecule has 1 aromatic rings. The average molecular weight is 403 g/mol. The summed E-state index contributed by atoms with van der Waals surface area (Å²) in [5, 5.41) is 3.56. The number of rotatable bonds is 6. The number of guanidine groups is 1. The Bertz CT molecular complexity index is 645. The largest absolute Gasteiger partial charge is 0.381 e. The Hall–Kier alpha value is -1.63. The smallest absolute Gasteiger partial charge is 0.193 e. The number of hydrogen-bond donors (Lipinski definition) is 1. The van der Waals surface area contributed by atoms with Crippen LogP contribution in [0.1, 0.15) is 43.7 Å². The fraction of sp³-hybridized carbons (Fsp3) is 0.696. The number of methoxy groups -OCH3 is 1. The third-order valence-electron chi connectivity index (χ3n) is 6.34. The van der Waals surface area contributed by atoms with Crippen molar-refractivity contribution >= 4 is 5.96 Å². The number of benzene rings is 1. The Morgan fingerprint density at radius 2 is 1.79 bits per heavy atom. The summed E-state index contributed by atoms with van der Waals surface area (Å²) in [5.74, 6) is 1.57. The molecule has 6 nitrogen and oxygen atoms in total. The first-order chi connectivity index (χ1) is 14.0. The molecule has 2 aliphatic heterocycles. The minimum atomic E-state index is -0.141. The molecule has 2 saturated heterocycles. The first-order valence-electron chi connectivity index (χ1n) is 10.9. The lowest BCUT2D eigenvalue weighted by Gasteiger charge is -2.39. The lowest BCUT2D eigenvalue weighted by atomic mass is 9.94. The van der Waals surface area contributed by atoms with Crippen LogP contribution in [0.15, 0.2) is 29.3 Å². The molecule has 0 radical (unpaired) electrons. The normalized spacial score (nSPS) is 20.9. The number of piperazine rings is 1. The highest BCUT2D eigenvalue weighted by atomic mass is 16.5. The van der Waals surface area contributed by atoms with Crippen LogP contribution in [-0.4, -0.2) is 81.5 Å². The first kappa shape index (κ1) is 22.1. The van der Waals surface area contributed by atoms with Crippen molar-refractivity contribution in [3.63, 3.8) is 0 Å². The van der Waals surface area contributed by atoms with E-state index in [4.69, 9.17) is 9.47 Å². The van der Waals surface area contributed by atoms with Gasteiger partial charge in [0.1, 0.15) is 0 Å². The van der Waals surface area contributed by atoms with Gasteiger partial charge in [0.15, 0.2) is 5.96 Å². The van der Waals surface area contributed by atoms with Gasteiger partial charge in [0, 0.05) is 79.5 Å². The molecule has 1 aromatic carbocycles. The topological polar surface area (TPSA) is 49.3 Å². The summed E-state index contributed by atoms with van der Waals surface area (Å²) in [6, 6.07) is 9.09. The maximum absolute atomic E-state index is 5.84. The van der Waals surface area contributed by atoms with E-state index in [1.165, 1.54) is 11.1 Å². The average Bonchev–Trinajstić information content (AvgIpc) is 2.76. The van der Waals surface area contributed by atoms with Crippen molar-refractivity contribution in [2.75, 3.05) is 60.1 Å². The van der Waals surface area contributed by atoms with Gasteiger partial charge in [-0.05, 0) is 17.0 Å².